The zero-order chi connectivity index (χ0) is 25.2. The van der Waals surface area contributed by atoms with E-state index >= 15 is 0 Å². The lowest BCUT2D eigenvalue weighted by molar-refractivity contribution is -0.161. The van der Waals surface area contributed by atoms with Crippen LogP contribution in [0.4, 0.5) is 5.69 Å². The maximum atomic E-state index is 12.8. The van der Waals surface area contributed by atoms with Crippen molar-refractivity contribution in [2.24, 2.45) is 5.92 Å². The molecule has 2 heterocycles. The van der Waals surface area contributed by atoms with Crippen LogP contribution in [-0.4, -0.2) is 50.8 Å². The van der Waals surface area contributed by atoms with Crippen LogP contribution in [0, 0.1) is 5.92 Å². The number of likely N-dealkylation sites (N-methyl/N-ethyl adjacent to an activating group) is 1. The molecule has 1 amide bonds. The second kappa shape index (κ2) is 10.3. The largest absolute Gasteiger partial charge is 0.496 e. The first-order valence-electron chi connectivity index (χ1n) is 12.0. The molecule has 3 unspecified atom stereocenters. The van der Waals surface area contributed by atoms with Crippen LogP contribution < -0.4 is 25.0 Å². The van der Waals surface area contributed by atoms with Crippen molar-refractivity contribution in [3.63, 3.8) is 0 Å². The van der Waals surface area contributed by atoms with Crippen molar-refractivity contribution in [2.45, 2.75) is 51.4 Å². The molecule has 8 nitrogen and oxygen atoms in total. The second-order valence-corrected chi connectivity index (χ2v) is 10.1. The normalized spacial score (nSPS) is 22.3. The van der Waals surface area contributed by atoms with Crippen molar-refractivity contribution in [3.05, 3.63) is 53.6 Å². The lowest BCUT2D eigenvalue weighted by Gasteiger charge is -2.38. The number of fused-ring (bicyclic) bond motifs is 1. The fraction of sp³-hybridized carbons (Fsp3) is 0.481. The van der Waals surface area contributed by atoms with Crippen molar-refractivity contribution < 1.29 is 23.8 Å². The molecular formula is C27H35N3O5. The molecule has 35 heavy (non-hydrogen) atoms. The highest BCUT2D eigenvalue weighted by Gasteiger charge is 2.36. The highest BCUT2D eigenvalue weighted by molar-refractivity contribution is 5.97. The minimum atomic E-state index is -0.529. The Morgan fingerprint density at radius 3 is 2.66 bits per heavy atom. The lowest BCUT2D eigenvalue weighted by Crippen LogP contribution is -2.51. The summed E-state index contributed by atoms with van der Waals surface area (Å²) in [6.07, 6.45) is 0.635. The monoisotopic (exact) mass is 481 g/mol. The fourth-order valence-electron chi connectivity index (χ4n) is 4.62. The van der Waals surface area contributed by atoms with Gasteiger partial charge in [0, 0.05) is 43.9 Å². The van der Waals surface area contributed by atoms with Crippen LogP contribution in [0.1, 0.15) is 44.4 Å². The Morgan fingerprint density at radius 1 is 1.23 bits per heavy atom. The SMILES string of the molecule is COc1cc2c(cc1CNC1CC(C(=O)OC(C)(C)C)CNC1c1ccccc1)N(C)C(=O)CO2. The number of methoxy groups -OCH3 is 1. The maximum absolute atomic E-state index is 12.8. The zero-order valence-electron chi connectivity index (χ0n) is 21.1. The van der Waals surface area contributed by atoms with Gasteiger partial charge in [-0.1, -0.05) is 30.3 Å². The maximum Gasteiger partial charge on any atom is 0.310 e. The average molecular weight is 482 g/mol. The van der Waals surface area contributed by atoms with Gasteiger partial charge >= 0.3 is 5.97 Å². The summed E-state index contributed by atoms with van der Waals surface area (Å²) in [5.41, 5.74) is 2.25. The number of anilines is 1. The molecule has 2 aromatic rings. The van der Waals surface area contributed by atoms with Gasteiger partial charge in [-0.25, -0.2) is 0 Å². The molecule has 0 aromatic heterocycles. The van der Waals surface area contributed by atoms with Gasteiger partial charge < -0.3 is 29.7 Å². The summed E-state index contributed by atoms with van der Waals surface area (Å²) in [4.78, 5) is 26.6. The third-order valence-electron chi connectivity index (χ3n) is 6.43. The highest BCUT2D eigenvalue weighted by Crippen LogP contribution is 2.38. The molecule has 1 fully saturated rings. The number of amides is 1. The van der Waals surface area contributed by atoms with Crippen molar-refractivity contribution in [1.82, 2.24) is 10.6 Å². The Balaban J connectivity index is 1.56. The standard InChI is InChI=1S/C27H35N3O5/c1-27(2,3)35-26(32)19-11-20(25(29-15-19)17-9-7-6-8-10-17)28-14-18-12-21-23(13-22(18)33-5)34-16-24(31)30(21)4/h6-10,12-13,19-20,25,28-29H,11,14-16H2,1-5H3. The Kier molecular flexibility index (Phi) is 7.33. The van der Waals surface area contributed by atoms with E-state index in [0.29, 0.717) is 36.7 Å². The first-order chi connectivity index (χ1) is 16.7. The number of carbonyl (C=O) groups excluding carboxylic acids is 2. The molecule has 2 aromatic carbocycles. The molecular weight excluding hydrogens is 446 g/mol. The molecule has 1 saturated heterocycles. The number of piperidine rings is 1. The summed E-state index contributed by atoms with van der Waals surface area (Å²) in [7, 11) is 3.37. The number of hydrogen-bond donors (Lipinski definition) is 2. The quantitative estimate of drug-likeness (QED) is 0.613. The smallest absolute Gasteiger partial charge is 0.310 e. The first kappa shape index (κ1) is 25.0. The van der Waals surface area contributed by atoms with E-state index in [-0.39, 0.29) is 36.5 Å². The summed E-state index contributed by atoms with van der Waals surface area (Å²) in [6, 6.07) is 14.0. The first-order valence-corrected chi connectivity index (χ1v) is 12.0. The molecule has 0 bridgehead atoms. The molecule has 0 aliphatic carbocycles. The van der Waals surface area contributed by atoms with Crippen molar-refractivity contribution in [1.29, 1.82) is 0 Å². The van der Waals surface area contributed by atoms with Crippen molar-refractivity contribution in [2.75, 3.05) is 32.2 Å². The van der Waals surface area contributed by atoms with E-state index in [0.717, 1.165) is 11.1 Å². The topological polar surface area (TPSA) is 89.1 Å². The van der Waals surface area contributed by atoms with Crippen LogP contribution in [-0.2, 0) is 20.9 Å². The van der Waals surface area contributed by atoms with E-state index < -0.39 is 5.60 Å². The predicted molar refractivity (Wildman–Crippen MR) is 134 cm³/mol. The van der Waals surface area contributed by atoms with Gasteiger partial charge in [-0.05, 0) is 38.8 Å². The Hall–Kier alpha value is -3.10. The second-order valence-electron chi connectivity index (χ2n) is 10.1. The molecule has 2 aliphatic rings. The Bertz CT molecular complexity index is 1070. The number of nitrogens with zero attached hydrogens (tertiary/aromatic N) is 1. The van der Waals surface area contributed by atoms with Gasteiger partial charge in [-0.15, -0.1) is 0 Å². The van der Waals surface area contributed by atoms with E-state index in [9.17, 15) is 9.59 Å². The van der Waals surface area contributed by atoms with Crippen molar-refractivity contribution >= 4 is 17.6 Å². The number of nitrogens with one attached hydrogen (secondary N) is 2. The number of benzene rings is 2. The molecule has 0 radical (unpaired) electrons. The number of ether oxygens (including phenoxy) is 3. The van der Waals surface area contributed by atoms with Crippen LogP contribution in [0.25, 0.3) is 0 Å². The van der Waals surface area contributed by atoms with Gasteiger partial charge in [0.25, 0.3) is 5.91 Å². The van der Waals surface area contributed by atoms with Gasteiger partial charge in [0.1, 0.15) is 17.1 Å². The minimum Gasteiger partial charge on any atom is -0.496 e. The van der Waals surface area contributed by atoms with Crippen LogP contribution in [0.5, 0.6) is 11.5 Å². The molecule has 4 rings (SSSR count). The van der Waals surface area contributed by atoms with E-state index in [1.54, 1.807) is 19.1 Å². The van der Waals surface area contributed by atoms with Gasteiger partial charge in [-0.3, -0.25) is 9.59 Å². The lowest BCUT2D eigenvalue weighted by atomic mass is 9.86. The number of hydrogen-bond acceptors (Lipinski definition) is 7. The fourth-order valence-corrected chi connectivity index (χ4v) is 4.62. The van der Waals surface area contributed by atoms with E-state index in [2.05, 4.69) is 22.8 Å². The Labute approximate surface area is 206 Å². The summed E-state index contributed by atoms with van der Waals surface area (Å²) < 4.78 is 16.9. The van der Waals surface area contributed by atoms with Gasteiger partial charge in [0.05, 0.1) is 18.7 Å². The molecule has 3 atom stereocenters. The molecule has 188 valence electrons. The van der Waals surface area contributed by atoms with Crippen LogP contribution in [0.3, 0.4) is 0 Å². The van der Waals surface area contributed by atoms with Crippen LogP contribution >= 0.6 is 0 Å². The summed E-state index contributed by atoms with van der Waals surface area (Å²) in [5.74, 6) is 0.769. The molecule has 0 spiro atoms. The van der Waals surface area contributed by atoms with Crippen LogP contribution in [0.2, 0.25) is 0 Å². The molecule has 8 heteroatoms. The number of esters is 1. The van der Waals surface area contributed by atoms with E-state index in [1.165, 1.54) is 0 Å². The molecule has 0 saturated carbocycles. The van der Waals surface area contributed by atoms with E-state index in [1.807, 2.05) is 51.1 Å². The van der Waals surface area contributed by atoms with Gasteiger partial charge in [0.15, 0.2) is 6.61 Å². The van der Waals surface area contributed by atoms with Gasteiger partial charge in [-0.2, -0.15) is 0 Å². The summed E-state index contributed by atoms with van der Waals surface area (Å²) in [6.45, 7) is 6.73. The van der Waals surface area contributed by atoms with E-state index in [4.69, 9.17) is 14.2 Å². The third kappa shape index (κ3) is 5.77. The minimum absolute atomic E-state index is 0.0167. The van der Waals surface area contributed by atoms with Crippen molar-refractivity contribution in [3.8, 4) is 11.5 Å². The summed E-state index contributed by atoms with van der Waals surface area (Å²) >= 11 is 0. The molecule has 2 N–H and O–H groups in total. The summed E-state index contributed by atoms with van der Waals surface area (Å²) in [5, 5.41) is 7.21. The van der Waals surface area contributed by atoms with Gasteiger partial charge in [0.2, 0.25) is 0 Å². The Morgan fingerprint density at radius 2 is 1.97 bits per heavy atom. The highest BCUT2D eigenvalue weighted by atomic mass is 16.6. The number of rotatable bonds is 6. The zero-order valence-corrected chi connectivity index (χ0v) is 21.1. The number of carbonyl (C=O) groups is 2. The third-order valence-corrected chi connectivity index (χ3v) is 6.43. The average Bonchev–Trinajstić information content (AvgIpc) is 2.84. The molecule has 2 aliphatic heterocycles. The predicted octanol–water partition coefficient (Wildman–Crippen LogP) is 3.20. The van der Waals surface area contributed by atoms with Crippen LogP contribution in [0.15, 0.2) is 42.5 Å².